The van der Waals surface area contributed by atoms with E-state index in [-0.39, 0.29) is 43.4 Å². The van der Waals surface area contributed by atoms with Crippen LogP contribution in [0.25, 0.3) is 0 Å². The Morgan fingerprint density at radius 1 is 1.24 bits per heavy atom. The average molecular weight is 245 g/mol. The minimum Gasteiger partial charge on any atom is -0.466 e. The Hall–Kier alpha value is -1.10. The highest BCUT2D eigenvalue weighted by atomic mass is 16.5. The van der Waals surface area contributed by atoms with Gasteiger partial charge in [0.2, 0.25) is 5.91 Å². The molecule has 5 nitrogen and oxygen atoms in total. The number of aliphatic hydroxyl groups excluding tert-OH is 1. The van der Waals surface area contributed by atoms with Gasteiger partial charge in [-0.05, 0) is 27.7 Å². The van der Waals surface area contributed by atoms with Crippen LogP contribution in [-0.4, -0.2) is 47.2 Å². The lowest BCUT2D eigenvalue weighted by molar-refractivity contribution is -0.147. The molecule has 1 amide bonds. The van der Waals surface area contributed by atoms with E-state index in [0.717, 1.165) is 0 Å². The monoisotopic (exact) mass is 245 g/mol. The van der Waals surface area contributed by atoms with Crippen LogP contribution in [0.1, 0.15) is 40.5 Å². The molecule has 17 heavy (non-hydrogen) atoms. The maximum atomic E-state index is 11.9. The number of carbonyl (C=O) groups is 2. The Bertz CT molecular complexity index is 258. The molecular formula is C12H23NO4. The van der Waals surface area contributed by atoms with Gasteiger partial charge in [0.05, 0.1) is 19.6 Å². The van der Waals surface area contributed by atoms with Crippen LogP contribution >= 0.6 is 0 Å². The second-order valence-corrected chi connectivity index (χ2v) is 4.74. The van der Waals surface area contributed by atoms with Gasteiger partial charge in [0.25, 0.3) is 0 Å². The number of rotatable bonds is 6. The zero-order chi connectivity index (χ0) is 13.5. The van der Waals surface area contributed by atoms with Gasteiger partial charge in [-0.15, -0.1) is 0 Å². The predicted octanol–water partition coefficient (Wildman–Crippen LogP) is 0.949. The highest BCUT2D eigenvalue weighted by molar-refractivity contribution is 5.81. The second kappa shape index (κ2) is 7.27. The number of ether oxygens (including phenoxy) is 1. The lowest BCUT2D eigenvalue weighted by atomic mass is 10.1. The number of carbonyl (C=O) groups excluding carboxylic acids is 2. The van der Waals surface area contributed by atoms with Crippen molar-refractivity contribution in [2.45, 2.75) is 46.1 Å². The zero-order valence-corrected chi connectivity index (χ0v) is 11.2. The third-order valence-corrected chi connectivity index (χ3v) is 2.28. The van der Waals surface area contributed by atoms with Crippen LogP contribution < -0.4 is 0 Å². The molecule has 0 unspecified atom stereocenters. The van der Waals surface area contributed by atoms with Crippen molar-refractivity contribution in [3.05, 3.63) is 0 Å². The van der Waals surface area contributed by atoms with Crippen LogP contribution in [0.15, 0.2) is 0 Å². The summed E-state index contributed by atoms with van der Waals surface area (Å²) < 4.78 is 4.76. The summed E-state index contributed by atoms with van der Waals surface area (Å²) in [5.74, 6) is -0.502. The van der Waals surface area contributed by atoms with Crippen LogP contribution in [0.4, 0.5) is 0 Å². The zero-order valence-electron chi connectivity index (χ0n) is 11.2. The van der Waals surface area contributed by atoms with Crippen LogP contribution in [0.2, 0.25) is 0 Å². The van der Waals surface area contributed by atoms with Gasteiger partial charge in [0.15, 0.2) is 0 Å². The standard InChI is InChI=1S/C12H23NO4/c1-5-17-11(16)7-6-10(15)13(8-9-14)12(2,3)4/h14H,5-9H2,1-4H3. The Balaban J connectivity index is 4.29. The van der Waals surface area contributed by atoms with Crippen LogP contribution in [0.3, 0.4) is 0 Å². The molecule has 0 aliphatic rings. The van der Waals surface area contributed by atoms with E-state index >= 15 is 0 Å². The Labute approximate surface area is 103 Å². The SMILES string of the molecule is CCOC(=O)CCC(=O)N(CCO)C(C)(C)C. The molecule has 0 rings (SSSR count). The minimum absolute atomic E-state index is 0.0809. The van der Waals surface area contributed by atoms with Gasteiger partial charge in [-0.3, -0.25) is 9.59 Å². The van der Waals surface area contributed by atoms with Gasteiger partial charge < -0.3 is 14.7 Å². The van der Waals surface area contributed by atoms with Crippen molar-refractivity contribution in [1.82, 2.24) is 4.90 Å². The first-order valence-corrected chi connectivity index (χ1v) is 5.89. The average Bonchev–Trinajstić information content (AvgIpc) is 2.21. The fourth-order valence-electron chi connectivity index (χ4n) is 1.51. The molecule has 0 bridgehead atoms. The van der Waals surface area contributed by atoms with Crippen molar-refractivity contribution in [2.75, 3.05) is 19.8 Å². The molecule has 0 aromatic carbocycles. The lowest BCUT2D eigenvalue weighted by Crippen LogP contribution is -2.47. The van der Waals surface area contributed by atoms with E-state index < -0.39 is 0 Å². The topological polar surface area (TPSA) is 66.8 Å². The fraction of sp³-hybridized carbons (Fsp3) is 0.833. The first-order chi connectivity index (χ1) is 7.82. The summed E-state index contributed by atoms with van der Waals surface area (Å²) in [7, 11) is 0. The summed E-state index contributed by atoms with van der Waals surface area (Å²) in [6, 6.07) is 0. The Kier molecular flexibility index (Phi) is 6.80. The van der Waals surface area contributed by atoms with Gasteiger partial charge in [0.1, 0.15) is 0 Å². The quantitative estimate of drug-likeness (QED) is 0.707. The predicted molar refractivity (Wildman–Crippen MR) is 64.4 cm³/mol. The molecule has 0 spiro atoms. The number of aliphatic hydroxyl groups is 1. The minimum atomic E-state index is -0.362. The summed E-state index contributed by atoms with van der Waals surface area (Å²) in [6.07, 6.45) is 0.209. The van der Waals surface area contributed by atoms with E-state index in [0.29, 0.717) is 6.61 Å². The maximum absolute atomic E-state index is 11.9. The summed E-state index contributed by atoms with van der Waals surface area (Å²) in [6.45, 7) is 7.94. The Morgan fingerprint density at radius 2 is 1.82 bits per heavy atom. The van der Waals surface area contributed by atoms with E-state index in [1.54, 1.807) is 11.8 Å². The second-order valence-electron chi connectivity index (χ2n) is 4.74. The van der Waals surface area contributed by atoms with Gasteiger partial charge in [-0.25, -0.2) is 0 Å². The summed E-state index contributed by atoms with van der Waals surface area (Å²) in [4.78, 5) is 24.6. The number of amides is 1. The van der Waals surface area contributed by atoms with E-state index in [1.807, 2.05) is 20.8 Å². The van der Waals surface area contributed by atoms with Crippen molar-refractivity contribution in [2.24, 2.45) is 0 Å². The molecule has 0 saturated heterocycles. The Morgan fingerprint density at radius 3 is 2.24 bits per heavy atom. The molecule has 0 atom stereocenters. The van der Waals surface area contributed by atoms with Crippen molar-refractivity contribution in [3.63, 3.8) is 0 Å². The molecule has 0 radical (unpaired) electrons. The largest absolute Gasteiger partial charge is 0.466 e. The first-order valence-electron chi connectivity index (χ1n) is 5.89. The molecule has 0 aliphatic heterocycles. The van der Waals surface area contributed by atoms with Gasteiger partial charge in [-0.1, -0.05) is 0 Å². The number of hydrogen-bond acceptors (Lipinski definition) is 4. The summed E-state index contributed by atoms with van der Waals surface area (Å²) >= 11 is 0. The van der Waals surface area contributed by atoms with Gasteiger partial charge >= 0.3 is 5.97 Å². The van der Waals surface area contributed by atoms with Crippen molar-refractivity contribution < 1.29 is 19.4 Å². The number of esters is 1. The third kappa shape index (κ3) is 6.26. The fourth-order valence-corrected chi connectivity index (χ4v) is 1.51. The molecule has 0 aromatic heterocycles. The van der Waals surface area contributed by atoms with Crippen LogP contribution in [0.5, 0.6) is 0 Å². The van der Waals surface area contributed by atoms with Crippen LogP contribution in [0, 0.1) is 0 Å². The smallest absolute Gasteiger partial charge is 0.306 e. The molecule has 5 heteroatoms. The summed E-state index contributed by atoms with van der Waals surface area (Å²) in [5.41, 5.74) is -0.353. The maximum Gasteiger partial charge on any atom is 0.306 e. The highest BCUT2D eigenvalue weighted by Gasteiger charge is 2.25. The third-order valence-electron chi connectivity index (χ3n) is 2.28. The summed E-state index contributed by atoms with van der Waals surface area (Å²) in [5, 5.41) is 8.93. The van der Waals surface area contributed by atoms with E-state index in [2.05, 4.69) is 0 Å². The number of β-amino-alcohol motifs (C(OH)–C–C–N with tert-alkyl or cyclic N) is 1. The molecule has 100 valence electrons. The van der Waals surface area contributed by atoms with Crippen molar-refractivity contribution >= 4 is 11.9 Å². The molecule has 0 aromatic rings. The molecule has 0 heterocycles. The van der Waals surface area contributed by atoms with Crippen molar-refractivity contribution in [3.8, 4) is 0 Å². The molecule has 1 N–H and O–H groups in total. The highest BCUT2D eigenvalue weighted by Crippen LogP contribution is 2.15. The van der Waals surface area contributed by atoms with E-state index in [9.17, 15) is 9.59 Å². The van der Waals surface area contributed by atoms with E-state index in [1.165, 1.54) is 0 Å². The normalized spacial score (nSPS) is 11.1. The number of nitrogens with zero attached hydrogens (tertiary/aromatic N) is 1. The molecule has 0 fully saturated rings. The van der Waals surface area contributed by atoms with Crippen molar-refractivity contribution in [1.29, 1.82) is 0 Å². The van der Waals surface area contributed by atoms with Gasteiger partial charge in [-0.2, -0.15) is 0 Å². The van der Waals surface area contributed by atoms with Gasteiger partial charge in [0, 0.05) is 18.5 Å². The molecular weight excluding hydrogens is 222 g/mol. The number of hydrogen-bond donors (Lipinski definition) is 1. The molecule has 0 saturated carbocycles. The molecule has 0 aliphatic carbocycles. The first kappa shape index (κ1) is 15.9. The van der Waals surface area contributed by atoms with E-state index in [4.69, 9.17) is 9.84 Å². The van der Waals surface area contributed by atoms with Crippen LogP contribution in [-0.2, 0) is 14.3 Å². The lowest BCUT2D eigenvalue weighted by Gasteiger charge is -2.35.